The molecule has 9 nitrogen and oxygen atoms in total. The number of aliphatic hydroxyl groups is 1. The summed E-state index contributed by atoms with van der Waals surface area (Å²) in [6, 6.07) is 3.28. The van der Waals surface area contributed by atoms with E-state index in [0.29, 0.717) is 0 Å². The second kappa shape index (κ2) is 8.38. The van der Waals surface area contributed by atoms with Crippen molar-refractivity contribution in [2.45, 2.75) is 52.0 Å². The van der Waals surface area contributed by atoms with Gasteiger partial charge in [-0.05, 0) is 46.8 Å². The van der Waals surface area contributed by atoms with Crippen LogP contribution in [0.25, 0.3) is 11.5 Å². The molecule has 0 saturated carbocycles. The molecule has 164 valence electrons. The highest BCUT2D eigenvalue weighted by Gasteiger charge is 2.32. The summed E-state index contributed by atoms with van der Waals surface area (Å²) < 4.78 is 44.1. The minimum absolute atomic E-state index is 0.0261. The largest absolute Gasteiger partial charge is 0.444 e. The molecule has 0 aliphatic carbocycles. The van der Waals surface area contributed by atoms with Gasteiger partial charge in [-0.3, -0.25) is 5.32 Å². The summed E-state index contributed by atoms with van der Waals surface area (Å²) in [5.41, 5.74) is -3.20. The van der Waals surface area contributed by atoms with Gasteiger partial charge in [-0.2, -0.15) is 28.1 Å². The van der Waals surface area contributed by atoms with Crippen LogP contribution in [0.1, 0.15) is 40.3 Å². The molecule has 0 aliphatic rings. The molecule has 30 heavy (non-hydrogen) atoms. The highest BCUT2D eigenvalue weighted by molar-refractivity contribution is 5.83. The van der Waals surface area contributed by atoms with Crippen molar-refractivity contribution < 1.29 is 27.8 Å². The van der Waals surface area contributed by atoms with Crippen LogP contribution in [0.4, 0.5) is 29.9 Å². The number of anilines is 2. The van der Waals surface area contributed by atoms with E-state index in [9.17, 15) is 23.1 Å². The van der Waals surface area contributed by atoms with E-state index in [2.05, 4.69) is 30.6 Å². The molecule has 0 aliphatic heterocycles. The summed E-state index contributed by atoms with van der Waals surface area (Å²) in [7, 11) is 0. The van der Waals surface area contributed by atoms with Crippen LogP contribution in [0.2, 0.25) is 0 Å². The van der Waals surface area contributed by atoms with Crippen LogP contribution < -0.4 is 10.6 Å². The first-order chi connectivity index (χ1) is 13.6. The molecule has 0 radical (unpaired) electrons. The Morgan fingerprint density at radius 1 is 1.03 bits per heavy atom. The predicted molar refractivity (Wildman–Crippen MR) is 103 cm³/mol. The van der Waals surface area contributed by atoms with E-state index in [0.717, 1.165) is 6.07 Å². The lowest BCUT2D eigenvalue weighted by Gasteiger charge is -2.20. The van der Waals surface area contributed by atoms with Gasteiger partial charge in [-0.25, -0.2) is 9.78 Å². The lowest BCUT2D eigenvalue weighted by Crippen LogP contribution is -2.30. The van der Waals surface area contributed by atoms with Gasteiger partial charge in [0.1, 0.15) is 17.0 Å². The van der Waals surface area contributed by atoms with E-state index in [1.54, 1.807) is 20.8 Å². The van der Waals surface area contributed by atoms with Crippen LogP contribution in [0.15, 0.2) is 18.2 Å². The number of alkyl halides is 3. The van der Waals surface area contributed by atoms with Crippen LogP contribution in [0.3, 0.4) is 0 Å². The average molecular weight is 428 g/mol. The fraction of sp³-hybridized carbons (Fsp3) is 0.500. The highest BCUT2D eigenvalue weighted by Crippen LogP contribution is 2.29. The number of halogens is 3. The van der Waals surface area contributed by atoms with Gasteiger partial charge in [0.2, 0.25) is 11.9 Å². The molecule has 0 saturated heterocycles. The first-order valence-electron chi connectivity index (χ1n) is 8.89. The quantitative estimate of drug-likeness (QED) is 0.662. The van der Waals surface area contributed by atoms with Crippen molar-refractivity contribution in [2.75, 3.05) is 17.2 Å². The Bertz CT molecular complexity index is 907. The summed E-state index contributed by atoms with van der Waals surface area (Å²) in [5.74, 6) is -0.542. The minimum atomic E-state index is -4.65. The smallest absolute Gasteiger partial charge is 0.433 e. The number of hydrogen-bond donors (Lipinski definition) is 3. The van der Waals surface area contributed by atoms with Crippen LogP contribution in [-0.2, 0) is 10.9 Å². The van der Waals surface area contributed by atoms with Gasteiger partial charge < -0.3 is 15.2 Å². The Morgan fingerprint density at radius 3 is 2.23 bits per heavy atom. The topological polar surface area (TPSA) is 122 Å². The predicted octanol–water partition coefficient (Wildman–Crippen LogP) is 3.48. The lowest BCUT2D eigenvalue weighted by atomic mass is 10.1. The van der Waals surface area contributed by atoms with Crippen LogP contribution in [0, 0.1) is 0 Å². The van der Waals surface area contributed by atoms with Gasteiger partial charge in [0.15, 0.2) is 5.82 Å². The Labute approximate surface area is 171 Å². The molecule has 2 heterocycles. The van der Waals surface area contributed by atoms with E-state index in [-0.39, 0.29) is 30.0 Å². The maximum atomic E-state index is 13.0. The molecule has 0 bridgehead atoms. The Morgan fingerprint density at radius 2 is 1.67 bits per heavy atom. The van der Waals surface area contributed by atoms with E-state index < -0.39 is 29.2 Å². The molecule has 0 atom stereocenters. The number of nitrogens with one attached hydrogen (secondary N) is 2. The second-order valence-electron chi connectivity index (χ2n) is 8.00. The summed E-state index contributed by atoms with van der Waals surface area (Å²) in [5, 5.41) is 14.9. The standard InChI is InChI=1S/C18H23F3N6O3/c1-16(2,3)30-15(28)27-14-25-12(24-13(26-14)22-9-17(4,5)29)10-7-6-8-11(23-10)18(19,20)21/h6-8,29H,9H2,1-5H3,(H2,22,24,25,26,27,28). The SMILES string of the molecule is CC(C)(O)CNc1nc(NC(=O)OC(C)(C)C)nc(-c2cccc(C(F)(F)F)n2)n1. The third-order valence-corrected chi connectivity index (χ3v) is 3.20. The number of carbonyl (C=O) groups is 1. The number of amides is 1. The molecule has 12 heteroatoms. The van der Waals surface area contributed by atoms with Crippen LogP contribution in [-0.4, -0.2) is 48.9 Å². The third kappa shape index (κ3) is 7.43. The van der Waals surface area contributed by atoms with Crippen molar-refractivity contribution in [1.29, 1.82) is 0 Å². The normalized spacial score (nSPS) is 12.4. The number of nitrogens with zero attached hydrogens (tertiary/aromatic N) is 4. The lowest BCUT2D eigenvalue weighted by molar-refractivity contribution is -0.141. The Kier molecular flexibility index (Phi) is 6.50. The Balaban J connectivity index is 2.42. The maximum Gasteiger partial charge on any atom is 0.433 e. The summed E-state index contributed by atoms with van der Waals surface area (Å²) in [4.78, 5) is 27.6. The monoisotopic (exact) mass is 428 g/mol. The average Bonchev–Trinajstić information content (AvgIpc) is 2.57. The molecule has 0 aromatic carbocycles. The van der Waals surface area contributed by atoms with Crippen molar-refractivity contribution in [3.8, 4) is 11.5 Å². The molecule has 3 N–H and O–H groups in total. The number of ether oxygens (including phenoxy) is 1. The van der Waals surface area contributed by atoms with Crippen molar-refractivity contribution in [2.24, 2.45) is 0 Å². The summed E-state index contributed by atoms with van der Waals surface area (Å²) >= 11 is 0. The van der Waals surface area contributed by atoms with Gasteiger partial charge in [0, 0.05) is 6.54 Å². The molecular weight excluding hydrogens is 405 g/mol. The van der Waals surface area contributed by atoms with Gasteiger partial charge in [-0.1, -0.05) is 6.07 Å². The van der Waals surface area contributed by atoms with Crippen LogP contribution >= 0.6 is 0 Å². The number of carbonyl (C=O) groups excluding carboxylic acids is 1. The van der Waals surface area contributed by atoms with Crippen molar-refractivity contribution in [3.05, 3.63) is 23.9 Å². The molecule has 0 unspecified atom stereocenters. The van der Waals surface area contributed by atoms with Gasteiger partial charge >= 0.3 is 12.3 Å². The molecule has 0 fully saturated rings. The Hall–Kier alpha value is -3.02. The maximum absolute atomic E-state index is 13.0. The number of hydrogen-bond acceptors (Lipinski definition) is 8. The van der Waals surface area contributed by atoms with Crippen molar-refractivity contribution in [1.82, 2.24) is 19.9 Å². The number of aromatic nitrogens is 4. The van der Waals surface area contributed by atoms with E-state index in [1.165, 1.54) is 26.0 Å². The fourth-order valence-electron chi connectivity index (χ4n) is 2.03. The van der Waals surface area contributed by atoms with E-state index >= 15 is 0 Å². The first kappa shape index (κ1) is 23.3. The van der Waals surface area contributed by atoms with E-state index in [1.807, 2.05) is 0 Å². The van der Waals surface area contributed by atoms with Crippen molar-refractivity contribution >= 4 is 18.0 Å². The van der Waals surface area contributed by atoms with E-state index in [4.69, 9.17) is 4.74 Å². The molecule has 0 spiro atoms. The van der Waals surface area contributed by atoms with Crippen molar-refractivity contribution in [3.63, 3.8) is 0 Å². The minimum Gasteiger partial charge on any atom is -0.444 e. The number of pyridine rings is 1. The fourth-order valence-corrected chi connectivity index (χ4v) is 2.03. The first-order valence-corrected chi connectivity index (χ1v) is 8.89. The summed E-state index contributed by atoms with van der Waals surface area (Å²) in [6.07, 6.45) is -5.51. The molecule has 2 rings (SSSR count). The highest BCUT2D eigenvalue weighted by atomic mass is 19.4. The van der Waals surface area contributed by atoms with Gasteiger partial charge in [-0.15, -0.1) is 0 Å². The molecule has 2 aromatic heterocycles. The molecule has 2 aromatic rings. The molecule has 1 amide bonds. The van der Waals surface area contributed by atoms with Crippen LogP contribution in [0.5, 0.6) is 0 Å². The molecular formula is C18H23F3N6O3. The van der Waals surface area contributed by atoms with Gasteiger partial charge in [0.05, 0.1) is 5.60 Å². The zero-order valence-corrected chi connectivity index (χ0v) is 17.1. The second-order valence-corrected chi connectivity index (χ2v) is 8.00. The number of rotatable bonds is 5. The zero-order chi connectivity index (χ0) is 22.7. The zero-order valence-electron chi connectivity index (χ0n) is 17.1. The van der Waals surface area contributed by atoms with Gasteiger partial charge in [0.25, 0.3) is 0 Å². The third-order valence-electron chi connectivity index (χ3n) is 3.20. The summed E-state index contributed by atoms with van der Waals surface area (Å²) in [6.45, 7) is 8.09.